The lowest BCUT2D eigenvalue weighted by atomic mass is 10.1. The first kappa shape index (κ1) is 13.1. The molecule has 5 heteroatoms. The summed E-state index contributed by atoms with van der Waals surface area (Å²) in [6, 6.07) is 1.94. The summed E-state index contributed by atoms with van der Waals surface area (Å²) in [5.41, 5.74) is 5.62. The highest BCUT2D eigenvalue weighted by atomic mass is 32.1. The molecule has 0 fully saturated rings. The first-order valence-electron chi connectivity index (χ1n) is 5.62. The molecular formula is C11H20N4S. The summed E-state index contributed by atoms with van der Waals surface area (Å²) in [5, 5.41) is 4.18. The van der Waals surface area contributed by atoms with Crippen LogP contribution >= 0.6 is 12.2 Å². The minimum absolute atomic E-state index is 0.271. The molecule has 0 aliphatic rings. The predicted octanol–water partition coefficient (Wildman–Crippen LogP) is 1.13. The number of hydrogen-bond acceptors (Lipinski definition) is 3. The molecule has 4 nitrogen and oxygen atoms in total. The van der Waals surface area contributed by atoms with Crippen LogP contribution in [0.15, 0.2) is 18.5 Å². The van der Waals surface area contributed by atoms with Gasteiger partial charge in [-0.25, -0.2) is 0 Å². The standard InChI is InChI=1S/C11H20N4S/c1-3-14(9-10(2)11(12)16)7-8-15-6-4-5-13-15/h4-6,10H,3,7-9H2,1-2H3,(H2,12,16). The van der Waals surface area contributed by atoms with Gasteiger partial charge in [0.25, 0.3) is 0 Å². The molecule has 1 unspecified atom stereocenters. The quantitative estimate of drug-likeness (QED) is 0.726. The van der Waals surface area contributed by atoms with Crippen molar-refractivity contribution in [2.75, 3.05) is 19.6 Å². The molecule has 16 heavy (non-hydrogen) atoms. The Morgan fingerprint density at radius 3 is 2.88 bits per heavy atom. The molecule has 1 aromatic heterocycles. The lowest BCUT2D eigenvalue weighted by Crippen LogP contribution is -2.35. The van der Waals surface area contributed by atoms with Crippen molar-refractivity contribution in [3.63, 3.8) is 0 Å². The van der Waals surface area contributed by atoms with Crippen LogP contribution in [0.1, 0.15) is 13.8 Å². The first-order valence-corrected chi connectivity index (χ1v) is 6.03. The summed E-state index contributed by atoms with van der Waals surface area (Å²) in [7, 11) is 0. The van der Waals surface area contributed by atoms with Crippen molar-refractivity contribution < 1.29 is 0 Å². The maximum atomic E-state index is 5.62. The second kappa shape index (κ2) is 6.60. The molecule has 1 atom stereocenters. The zero-order valence-corrected chi connectivity index (χ0v) is 10.8. The molecule has 1 rings (SSSR count). The van der Waals surface area contributed by atoms with Crippen LogP contribution in [-0.2, 0) is 6.54 Å². The predicted molar refractivity (Wildman–Crippen MR) is 70.3 cm³/mol. The normalized spacial score (nSPS) is 12.9. The molecular weight excluding hydrogens is 220 g/mol. The maximum Gasteiger partial charge on any atom is 0.0768 e. The molecule has 1 heterocycles. The van der Waals surface area contributed by atoms with E-state index in [2.05, 4.69) is 23.8 Å². The van der Waals surface area contributed by atoms with Gasteiger partial charge < -0.3 is 10.6 Å². The van der Waals surface area contributed by atoms with Gasteiger partial charge in [0.05, 0.1) is 11.5 Å². The molecule has 0 radical (unpaired) electrons. The van der Waals surface area contributed by atoms with Crippen LogP contribution in [0.4, 0.5) is 0 Å². The summed E-state index contributed by atoms with van der Waals surface area (Å²) in [5.74, 6) is 0.271. The lowest BCUT2D eigenvalue weighted by molar-refractivity contribution is 0.257. The van der Waals surface area contributed by atoms with Crippen LogP contribution in [0, 0.1) is 5.92 Å². The highest BCUT2D eigenvalue weighted by Crippen LogP contribution is 2.01. The average Bonchev–Trinajstić information content (AvgIpc) is 2.76. The van der Waals surface area contributed by atoms with Gasteiger partial charge in [0.2, 0.25) is 0 Å². The number of nitrogens with zero attached hydrogens (tertiary/aromatic N) is 3. The van der Waals surface area contributed by atoms with Gasteiger partial charge >= 0.3 is 0 Å². The van der Waals surface area contributed by atoms with Crippen molar-refractivity contribution in [1.82, 2.24) is 14.7 Å². The summed E-state index contributed by atoms with van der Waals surface area (Å²) >= 11 is 4.98. The topological polar surface area (TPSA) is 47.1 Å². The fourth-order valence-corrected chi connectivity index (χ4v) is 1.61. The van der Waals surface area contributed by atoms with Crippen molar-refractivity contribution in [3.05, 3.63) is 18.5 Å². The van der Waals surface area contributed by atoms with Gasteiger partial charge in [-0.1, -0.05) is 26.1 Å². The van der Waals surface area contributed by atoms with Gasteiger partial charge in [0, 0.05) is 31.4 Å². The van der Waals surface area contributed by atoms with E-state index in [1.54, 1.807) is 6.20 Å². The largest absolute Gasteiger partial charge is 0.393 e. The van der Waals surface area contributed by atoms with Crippen LogP contribution < -0.4 is 5.73 Å². The van der Waals surface area contributed by atoms with Crippen molar-refractivity contribution in [1.29, 1.82) is 0 Å². The number of hydrogen-bond donors (Lipinski definition) is 1. The number of aromatic nitrogens is 2. The molecule has 0 saturated heterocycles. The Morgan fingerprint density at radius 2 is 2.38 bits per heavy atom. The van der Waals surface area contributed by atoms with Gasteiger partial charge in [0.1, 0.15) is 0 Å². The molecule has 0 spiro atoms. The molecule has 0 aromatic carbocycles. The highest BCUT2D eigenvalue weighted by Gasteiger charge is 2.10. The van der Waals surface area contributed by atoms with E-state index < -0.39 is 0 Å². The van der Waals surface area contributed by atoms with Gasteiger partial charge in [-0.3, -0.25) is 4.68 Å². The second-order valence-electron chi connectivity index (χ2n) is 3.97. The van der Waals surface area contributed by atoms with E-state index in [0.29, 0.717) is 4.99 Å². The molecule has 0 aliphatic carbocycles. The molecule has 2 N–H and O–H groups in total. The fraction of sp³-hybridized carbons (Fsp3) is 0.636. The zero-order valence-electron chi connectivity index (χ0n) is 9.97. The average molecular weight is 240 g/mol. The zero-order chi connectivity index (χ0) is 12.0. The summed E-state index contributed by atoms with van der Waals surface area (Å²) < 4.78 is 1.94. The molecule has 0 saturated carbocycles. The van der Waals surface area contributed by atoms with Crippen LogP contribution in [0.3, 0.4) is 0 Å². The third-order valence-corrected chi connectivity index (χ3v) is 3.07. The van der Waals surface area contributed by atoms with Crippen molar-refractivity contribution in [2.24, 2.45) is 11.7 Å². The minimum atomic E-state index is 0.271. The van der Waals surface area contributed by atoms with E-state index in [1.807, 2.05) is 16.9 Å². The Hall–Kier alpha value is -0.940. The Kier molecular flexibility index (Phi) is 5.42. The summed E-state index contributed by atoms with van der Waals surface area (Å²) in [6.07, 6.45) is 3.78. The van der Waals surface area contributed by atoms with Gasteiger partial charge in [-0.15, -0.1) is 0 Å². The molecule has 90 valence electrons. The molecule has 0 amide bonds. The SMILES string of the molecule is CCN(CCn1cccn1)CC(C)C(N)=S. The summed E-state index contributed by atoms with van der Waals surface area (Å²) in [6.45, 7) is 8.03. The monoisotopic (exact) mass is 240 g/mol. The van der Waals surface area contributed by atoms with E-state index >= 15 is 0 Å². The molecule has 0 bridgehead atoms. The lowest BCUT2D eigenvalue weighted by Gasteiger charge is -2.23. The maximum absolute atomic E-state index is 5.62. The Morgan fingerprint density at radius 1 is 1.62 bits per heavy atom. The Bertz CT molecular complexity index is 310. The van der Waals surface area contributed by atoms with Crippen molar-refractivity contribution in [2.45, 2.75) is 20.4 Å². The van der Waals surface area contributed by atoms with Crippen molar-refractivity contribution in [3.8, 4) is 0 Å². The van der Waals surface area contributed by atoms with Crippen molar-refractivity contribution >= 4 is 17.2 Å². The number of likely N-dealkylation sites (N-methyl/N-ethyl adjacent to an activating group) is 1. The fourth-order valence-electron chi connectivity index (χ4n) is 1.53. The first-order chi connectivity index (χ1) is 7.63. The minimum Gasteiger partial charge on any atom is -0.393 e. The number of thiocarbonyl (C=S) groups is 1. The van der Waals surface area contributed by atoms with Crippen LogP contribution in [-0.4, -0.2) is 39.3 Å². The van der Waals surface area contributed by atoms with Crippen LogP contribution in [0.25, 0.3) is 0 Å². The third-order valence-electron chi connectivity index (χ3n) is 2.67. The highest BCUT2D eigenvalue weighted by molar-refractivity contribution is 7.80. The van der Waals surface area contributed by atoms with E-state index in [-0.39, 0.29) is 5.92 Å². The third kappa shape index (κ3) is 4.28. The molecule has 1 aromatic rings. The smallest absolute Gasteiger partial charge is 0.0768 e. The summed E-state index contributed by atoms with van der Waals surface area (Å²) in [4.78, 5) is 2.93. The van der Waals surface area contributed by atoms with Gasteiger partial charge in [0.15, 0.2) is 0 Å². The van der Waals surface area contributed by atoms with E-state index in [1.165, 1.54) is 0 Å². The van der Waals surface area contributed by atoms with E-state index in [4.69, 9.17) is 18.0 Å². The Labute approximate surface area is 102 Å². The van der Waals surface area contributed by atoms with Crippen LogP contribution in [0.2, 0.25) is 0 Å². The van der Waals surface area contributed by atoms with Gasteiger partial charge in [-0.2, -0.15) is 5.10 Å². The second-order valence-corrected chi connectivity index (χ2v) is 4.44. The van der Waals surface area contributed by atoms with Crippen LogP contribution in [0.5, 0.6) is 0 Å². The van der Waals surface area contributed by atoms with E-state index in [0.717, 1.165) is 26.2 Å². The Balaban J connectivity index is 2.34. The van der Waals surface area contributed by atoms with Gasteiger partial charge in [-0.05, 0) is 12.6 Å². The molecule has 0 aliphatic heterocycles. The number of nitrogens with two attached hydrogens (primary N) is 1. The number of rotatable bonds is 7. The van der Waals surface area contributed by atoms with E-state index in [9.17, 15) is 0 Å².